The van der Waals surface area contributed by atoms with Crippen LogP contribution in [0.5, 0.6) is 11.8 Å². The zero-order valence-electron chi connectivity index (χ0n) is 18.9. The molecule has 14 heteroatoms. The molecule has 0 unspecified atom stereocenters. The summed E-state index contributed by atoms with van der Waals surface area (Å²) in [6, 6.07) is 8.81. The van der Waals surface area contributed by atoms with Crippen LogP contribution in [0, 0.1) is 0 Å². The highest BCUT2D eigenvalue weighted by molar-refractivity contribution is 7.50. The SMILES string of the molecule is O=C(Cc1ccc(CP(=O)(O)O)cc1)NCCOCCOCCOCC(=O)On1c(O)ccc1O. The van der Waals surface area contributed by atoms with Crippen LogP contribution in [0.4, 0.5) is 0 Å². The highest BCUT2D eigenvalue weighted by Gasteiger charge is 2.14. The van der Waals surface area contributed by atoms with Gasteiger partial charge in [-0.1, -0.05) is 24.3 Å². The van der Waals surface area contributed by atoms with E-state index in [0.717, 1.165) is 17.7 Å². The number of rotatable bonds is 16. The van der Waals surface area contributed by atoms with Gasteiger partial charge in [0, 0.05) is 18.7 Å². The van der Waals surface area contributed by atoms with E-state index < -0.39 is 31.9 Å². The Morgan fingerprint density at radius 1 is 0.829 bits per heavy atom. The number of hydrogen-bond donors (Lipinski definition) is 5. The average molecular weight is 516 g/mol. The minimum atomic E-state index is -4.12. The molecule has 0 atom stereocenters. The summed E-state index contributed by atoms with van der Waals surface area (Å²) in [5.74, 6) is -1.86. The van der Waals surface area contributed by atoms with Crippen LogP contribution in [-0.4, -0.2) is 82.8 Å². The number of aromatic nitrogens is 1. The third-order valence-electron chi connectivity index (χ3n) is 4.30. The number of aromatic hydroxyl groups is 2. The Morgan fingerprint density at radius 2 is 1.37 bits per heavy atom. The Bertz CT molecular complexity index is 968. The number of nitrogens with one attached hydrogen (secondary N) is 1. The van der Waals surface area contributed by atoms with Crippen molar-refractivity contribution in [3.05, 3.63) is 47.5 Å². The molecule has 0 aliphatic heterocycles. The van der Waals surface area contributed by atoms with E-state index in [1.807, 2.05) is 0 Å². The van der Waals surface area contributed by atoms with Crippen LogP contribution in [0.1, 0.15) is 11.1 Å². The first-order chi connectivity index (χ1) is 16.6. The van der Waals surface area contributed by atoms with Gasteiger partial charge < -0.3 is 44.4 Å². The lowest BCUT2D eigenvalue weighted by Crippen LogP contribution is -2.29. The molecule has 1 heterocycles. The van der Waals surface area contributed by atoms with E-state index in [9.17, 15) is 24.4 Å². The van der Waals surface area contributed by atoms with Gasteiger partial charge in [0.15, 0.2) is 0 Å². The van der Waals surface area contributed by atoms with Gasteiger partial charge in [-0.2, -0.15) is 0 Å². The third-order valence-corrected chi connectivity index (χ3v) is 5.08. The maximum Gasteiger partial charge on any atom is 0.358 e. The summed E-state index contributed by atoms with van der Waals surface area (Å²) in [5.41, 5.74) is 1.23. The lowest BCUT2D eigenvalue weighted by Gasteiger charge is -2.09. The molecular formula is C21H29N2O11P. The van der Waals surface area contributed by atoms with Gasteiger partial charge in [-0.05, 0) is 11.1 Å². The summed E-state index contributed by atoms with van der Waals surface area (Å²) >= 11 is 0. The van der Waals surface area contributed by atoms with Crippen molar-refractivity contribution < 1.29 is 53.2 Å². The number of benzene rings is 1. The van der Waals surface area contributed by atoms with E-state index in [-0.39, 0.29) is 44.9 Å². The van der Waals surface area contributed by atoms with Gasteiger partial charge in [-0.25, -0.2) is 4.79 Å². The van der Waals surface area contributed by atoms with E-state index in [2.05, 4.69) is 5.32 Å². The highest BCUT2D eigenvalue weighted by atomic mass is 31.2. The quantitative estimate of drug-likeness (QED) is 0.149. The summed E-state index contributed by atoms with van der Waals surface area (Å²) in [7, 11) is -4.12. The molecule has 0 radical (unpaired) electrons. The summed E-state index contributed by atoms with van der Waals surface area (Å²) in [4.78, 5) is 46.1. The molecule has 194 valence electrons. The molecule has 0 saturated carbocycles. The fraction of sp³-hybridized carbons (Fsp3) is 0.429. The summed E-state index contributed by atoms with van der Waals surface area (Å²) in [5, 5.41) is 21.4. The van der Waals surface area contributed by atoms with Crippen molar-refractivity contribution in [3.8, 4) is 11.8 Å². The van der Waals surface area contributed by atoms with Crippen LogP contribution in [0.3, 0.4) is 0 Å². The fourth-order valence-electron chi connectivity index (χ4n) is 2.73. The Morgan fingerprint density at radius 3 is 1.97 bits per heavy atom. The lowest BCUT2D eigenvalue weighted by atomic mass is 10.1. The molecule has 0 aliphatic carbocycles. The van der Waals surface area contributed by atoms with Crippen molar-refractivity contribution in [2.45, 2.75) is 12.6 Å². The molecular weight excluding hydrogens is 487 g/mol. The molecule has 1 aromatic heterocycles. The zero-order chi connectivity index (χ0) is 25.7. The van der Waals surface area contributed by atoms with Gasteiger partial charge in [0.05, 0.1) is 45.6 Å². The van der Waals surface area contributed by atoms with Crippen molar-refractivity contribution in [1.29, 1.82) is 0 Å². The molecule has 0 saturated heterocycles. The Balaban J connectivity index is 1.43. The molecule has 0 aliphatic rings. The van der Waals surface area contributed by atoms with Crippen molar-refractivity contribution in [2.24, 2.45) is 0 Å². The predicted octanol–water partition coefficient (Wildman–Crippen LogP) is -0.0591. The molecule has 0 spiro atoms. The first-order valence-corrected chi connectivity index (χ1v) is 12.4. The third kappa shape index (κ3) is 11.9. The monoisotopic (exact) mass is 516 g/mol. The smallest absolute Gasteiger partial charge is 0.358 e. The Hall–Kier alpha value is -2.93. The van der Waals surface area contributed by atoms with Crippen LogP contribution < -0.4 is 10.2 Å². The highest BCUT2D eigenvalue weighted by Crippen LogP contribution is 2.38. The lowest BCUT2D eigenvalue weighted by molar-refractivity contribution is -0.151. The number of hydrogen-bond acceptors (Lipinski definition) is 9. The van der Waals surface area contributed by atoms with Crippen molar-refractivity contribution in [1.82, 2.24) is 10.0 Å². The standard InChI is InChI=1S/C21H29N2O11P/c24-18(13-16-1-3-17(4-2-16)15-35(28,29)30)22-7-8-31-9-10-32-11-12-33-14-21(27)34-23-19(25)5-6-20(23)26/h1-6,25-26H,7-15H2,(H,22,24)(H2,28,29,30). The second-order valence-corrected chi connectivity index (χ2v) is 8.90. The first kappa shape index (κ1) is 28.3. The van der Waals surface area contributed by atoms with Crippen LogP contribution >= 0.6 is 7.60 Å². The van der Waals surface area contributed by atoms with Crippen molar-refractivity contribution >= 4 is 19.5 Å². The minimum Gasteiger partial charge on any atom is -0.492 e. The fourth-order valence-corrected chi connectivity index (χ4v) is 3.42. The largest absolute Gasteiger partial charge is 0.492 e. The predicted molar refractivity (Wildman–Crippen MR) is 121 cm³/mol. The van der Waals surface area contributed by atoms with Crippen molar-refractivity contribution in [2.75, 3.05) is 46.2 Å². The molecule has 0 bridgehead atoms. The van der Waals surface area contributed by atoms with Gasteiger partial charge in [0.25, 0.3) is 0 Å². The van der Waals surface area contributed by atoms with E-state index in [1.54, 1.807) is 24.3 Å². The van der Waals surface area contributed by atoms with Crippen LogP contribution in [-0.2, 0) is 40.9 Å². The second-order valence-electron chi connectivity index (χ2n) is 7.25. The zero-order valence-corrected chi connectivity index (χ0v) is 19.8. The van der Waals surface area contributed by atoms with Crippen LogP contribution in [0.25, 0.3) is 0 Å². The number of amides is 1. The van der Waals surface area contributed by atoms with E-state index >= 15 is 0 Å². The Kier molecular flexibility index (Phi) is 11.7. The first-order valence-electron chi connectivity index (χ1n) is 10.6. The van der Waals surface area contributed by atoms with Crippen LogP contribution in [0.15, 0.2) is 36.4 Å². The molecule has 13 nitrogen and oxygen atoms in total. The summed E-state index contributed by atoms with van der Waals surface area (Å²) in [6.07, 6.45) is -0.199. The van der Waals surface area contributed by atoms with Gasteiger partial charge >= 0.3 is 13.6 Å². The number of carbonyl (C=O) groups excluding carboxylic acids is 2. The van der Waals surface area contributed by atoms with Gasteiger partial charge in [0.2, 0.25) is 17.7 Å². The normalized spacial score (nSPS) is 11.4. The number of ether oxygens (including phenoxy) is 3. The summed E-state index contributed by atoms with van der Waals surface area (Å²) < 4.78 is 27.3. The number of nitrogens with zero attached hydrogens (tertiary/aromatic N) is 1. The average Bonchev–Trinajstić information content (AvgIpc) is 3.10. The van der Waals surface area contributed by atoms with E-state index in [0.29, 0.717) is 23.4 Å². The molecule has 1 aromatic carbocycles. The molecule has 0 fully saturated rings. The molecule has 2 rings (SSSR count). The maximum absolute atomic E-state index is 11.9. The van der Waals surface area contributed by atoms with E-state index in [4.69, 9.17) is 28.8 Å². The molecule has 35 heavy (non-hydrogen) atoms. The molecule has 5 N–H and O–H groups in total. The summed E-state index contributed by atoms with van der Waals surface area (Å²) in [6.45, 7) is 1.12. The van der Waals surface area contributed by atoms with Gasteiger partial charge in [-0.3, -0.25) is 9.36 Å². The molecule has 1 amide bonds. The number of carbonyl (C=O) groups is 2. The van der Waals surface area contributed by atoms with E-state index in [1.165, 1.54) is 0 Å². The van der Waals surface area contributed by atoms with Crippen LogP contribution in [0.2, 0.25) is 0 Å². The molecule has 2 aromatic rings. The maximum atomic E-state index is 11.9. The van der Waals surface area contributed by atoms with Gasteiger partial charge in [-0.15, -0.1) is 4.73 Å². The topological polar surface area (TPSA) is 186 Å². The van der Waals surface area contributed by atoms with Crippen molar-refractivity contribution in [3.63, 3.8) is 0 Å². The van der Waals surface area contributed by atoms with Gasteiger partial charge in [0.1, 0.15) is 6.61 Å². The Labute approximate surface area is 201 Å². The second kappa shape index (κ2) is 14.5. The minimum absolute atomic E-state index is 0.120.